The van der Waals surface area contributed by atoms with Crippen molar-refractivity contribution in [2.75, 3.05) is 26.2 Å². The quantitative estimate of drug-likeness (QED) is 0.870. The molecule has 0 aliphatic carbocycles. The third kappa shape index (κ3) is 4.32. The fourth-order valence-corrected chi connectivity index (χ4v) is 2.89. The molecule has 0 saturated carbocycles. The third-order valence-electron chi connectivity index (χ3n) is 3.69. The van der Waals surface area contributed by atoms with Crippen LogP contribution < -0.4 is 10.7 Å². The number of hydrogen-bond donors (Lipinski definition) is 2. The number of H-pyrrole nitrogens is 1. The van der Waals surface area contributed by atoms with Crippen molar-refractivity contribution in [1.29, 1.82) is 0 Å². The number of likely N-dealkylation sites (tertiary alicyclic amines) is 1. The van der Waals surface area contributed by atoms with E-state index >= 15 is 0 Å². The van der Waals surface area contributed by atoms with Gasteiger partial charge in [0.25, 0.3) is 5.91 Å². The summed E-state index contributed by atoms with van der Waals surface area (Å²) < 4.78 is 0. The highest BCUT2D eigenvalue weighted by Crippen LogP contribution is 2.16. The Morgan fingerprint density at radius 2 is 2.29 bits per heavy atom. The smallest absolute Gasteiger partial charge is 0.256 e. The Morgan fingerprint density at radius 1 is 1.52 bits per heavy atom. The van der Waals surface area contributed by atoms with Crippen molar-refractivity contribution in [2.24, 2.45) is 11.8 Å². The lowest BCUT2D eigenvalue weighted by molar-refractivity contribution is 0.0946. The van der Waals surface area contributed by atoms with E-state index in [2.05, 4.69) is 29.0 Å². The highest BCUT2D eigenvalue weighted by Gasteiger charge is 2.23. The first-order valence-electron chi connectivity index (χ1n) is 7.34. The Hall–Kier alpha value is -1.33. The number of nitrogens with zero attached hydrogens (tertiary/aromatic N) is 1. The molecular formula is C15H22ClN3O2. The SMILES string of the molecule is CC(C)CN1CCC(CNC(=O)c2c[nH]cc(Cl)c2=O)C1. The molecule has 116 valence electrons. The molecule has 0 radical (unpaired) electrons. The summed E-state index contributed by atoms with van der Waals surface area (Å²) in [5.74, 6) is 0.746. The number of carbonyl (C=O) groups excluding carboxylic acids is 1. The molecule has 1 atom stereocenters. The van der Waals surface area contributed by atoms with Gasteiger partial charge in [0.15, 0.2) is 0 Å². The van der Waals surface area contributed by atoms with Gasteiger partial charge in [-0.15, -0.1) is 0 Å². The molecule has 0 spiro atoms. The Morgan fingerprint density at radius 3 is 3.00 bits per heavy atom. The molecule has 1 aromatic heterocycles. The van der Waals surface area contributed by atoms with Crippen molar-refractivity contribution >= 4 is 17.5 Å². The second-order valence-electron chi connectivity index (χ2n) is 6.06. The van der Waals surface area contributed by atoms with Crippen molar-refractivity contribution in [3.8, 4) is 0 Å². The fraction of sp³-hybridized carbons (Fsp3) is 0.600. The van der Waals surface area contributed by atoms with Crippen LogP contribution in [-0.2, 0) is 0 Å². The van der Waals surface area contributed by atoms with E-state index in [9.17, 15) is 9.59 Å². The van der Waals surface area contributed by atoms with Gasteiger partial charge in [-0.3, -0.25) is 9.59 Å². The van der Waals surface area contributed by atoms with E-state index in [1.807, 2.05) is 0 Å². The second kappa shape index (κ2) is 7.09. The van der Waals surface area contributed by atoms with Gasteiger partial charge in [0, 0.05) is 32.0 Å². The number of halogens is 1. The van der Waals surface area contributed by atoms with Gasteiger partial charge in [-0.05, 0) is 24.8 Å². The van der Waals surface area contributed by atoms with E-state index in [-0.39, 0.29) is 16.5 Å². The molecule has 1 fully saturated rings. The molecule has 2 N–H and O–H groups in total. The van der Waals surface area contributed by atoms with Gasteiger partial charge in [0.1, 0.15) is 10.6 Å². The van der Waals surface area contributed by atoms with Crippen LogP contribution in [0.5, 0.6) is 0 Å². The maximum Gasteiger partial charge on any atom is 0.256 e. The van der Waals surface area contributed by atoms with E-state index in [0.29, 0.717) is 18.4 Å². The largest absolute Gasteiger partial charge is 0.365 e. The summed E-state index contributed by atoms with van der Waals surface area (Å²) >= 11 is 5.72. The summed E-state index contributed by atoms with van der Waals surface area (Å²) in [4.78, 5) is 28.9. The first-order chi connectivity index (χ1) is 9.97. The standard InChI is InChI=1S/C15H22ClN3O2/c1-10(2)8-19-4-3-11(9-19)5-18-15(21)12-6-17-7-13(16)14(12)20/h6-7,10-11H,3-5,8-9H2,1-2H3,(H,17,20)(H,18,21). The van der Waals surface area contributed by atoms with Crippen LogP contribution in [0.25, 0.3) is 0 Å². The molecule has 1 amide bonds. The summed E-state index contributed by atoms with van der Waals surface area (Å²) in [6.07, 6.45) is 3.85. The number of amides is 1. The molecule has 1 aromatic rings. The Kier molecular flexibility index (Phi) is 5.42. The van der Waals surface area contributed by atoms with Crippen LogP contribution in [0.15, 0.2) is 17.2 Å². The van der Waals surface area contributed by atoms with Crippen LogP contribution in [0, 0.1) is 11.8 Å². The first-order valence-corrected chi connectivity index (χ1v) is 7.72. The molecular weight excluding hydrogens is 290 g/mol. The van der Waals surface area contributed by atoms with E-state index in [1.54, 1.807) is 0 Å². The molecule has 1 unspecified atom stereocenters. The molecule has 1 aliphatic heterocycles. The van der Waals surface area contributed by atoms with Crippen LogP contribution >= 0.6 is 11.6 Å². The topological polar surface area (TPSA) is 65.2 Å². The minimum absolute atomic E-state index is 0.0339. The van der Waals surface area contributed by atoms with Gasteiger partial charge in [-0.25, -0.2) is 0 Å². The number of aromatic amines is 1. The minimum atomic E-state index is -0.430. The Bertz CT molecular complexity index is 556. The lowest BCUT2D eigenvalue weighted by Crippen LogP contribution is -2.34. The molecule has 1 saturated heterocycles. The Labute approximate surface area is 129 Å². The zero-order valence-electron chi connectivity index (χ0n) is 12.5. The van der Waals surface area contributed by atoms with Crippen molar-refractivity contribution in [3.05, 3.63) is 33.2 Å². The predicted molar refractivity (Wildman–Crippen MR) is 83.8 cm³/mol. The number of nitrogens with one attached hydrogen (secondary N) is 2. The highest BCUT2D eigenvalue weighted by atomic mass is 35.5. The molecule has 2 rings (SSSR count). The van der Waals surface area contributed by atoms with E-state index < -0.39 is 5.43 Å². The van der Waals surface area contributed by atoms with Crippen molar-refractivity contribution in [1.82, 2.24) is 15.2 Å². The summed E-state index contributed by atoms with van der Waals surface area (Å²) in [5, 5.41) is 2.87. The zero-order chi connectivity index (χ0) is 15.4. The predicted octanol–water partition coefficient (Wildman–Crippen LogP) is 1.74. The number of rotatable bonds is 5. The molecule has 2 heterocycles. The maximum atomic E-state index is 12.0. The molecule has 5 nitrogen and oxygen atoms in total. The average molecular weight is 312 g/mol. The second-order valence-corrected chi connectivity index (χ2v) is 6.47. The van der Waals surface area contributed by atoms with E-state index in [1.165, 1.54) is 12.4 Å². The van der Waals surface area contributed by atoms with E-state index in [4.69, 9.17) is 11.6 Å². The maximum absolute atomic E-state index is 12.0. The summed E-state index contributed by atoms with van der Waals surface area (Å²) in [6.45, 7) is 8.19. The molecule has 1 aliphatic rings. The summed E-state index contributed by atoms with van der Waals surface area (Å²) in [7, 11) is 0. The third-order valence-corrected chi connectivity index (χ3v) is 3.97. The summed E-state index contributed by atoms with van der Waals surface area (Å²) in [5.41, 5.74) is -0.361. The molecule has 21 heavy (non-hydrogen) atoms. The van der Waals surface area contributed by atoms with Gasteiger partial charge in [0.05, 0.1) is 0 Å². The van der Waals surface area contributed by atoms with Gasteiger partial charge in [-0.2, -0.15) is 0 Å². The minimum Gasteiger partial charge on any atom is -0.365 e. The molecule has 0 aromatic carbocycles. The number of carbonyl (C=O) groups is 1. The van der Waals surface area contributed by atoms with Crippen molar-refractivity contribution < 1.29 is 4.79 Å². The molecule has 0 bridgehead atoms. The van der Waals surface area contributed by atoms with Crippen LogP contribution in [0.4, 0.5) is 0 Å². The lowest BCUT2D eigenvalue weighted by atomic mass is 10.1. The fourth-order valence-electron chi connectivity index (χ4n) is 2.72. The van der Waals surface area contributed by atoms with Crippen LogP contribution in [0.1, 0.15) is 30.6 Å². The number of hydrogen-bond acceptors (Lipinski definition) is 3. The van der Waals surface area contributed by atoms with Gasteiger partial charge in [-0.1, -0.05) is 25.4 Å². The first kappa shape index (κ1) is 16.0. The zero-order valence-corrected chi connectivity index (χ0v) is 13.2. The van der Waals surface area contributed by atoms with Crippen LogP contribution in [0.3, 0.4) is 0 Å². The van der Waals surface area contributed by atoms with Gasteiger partial charge >= 0.3 is 0 Å². The molecule has 6 heteroatoms. The van der Waals surface area contributed by atoms with Crippen LogP contribution in [0.2, 0.25) is 5.02 Å². The van der Waals surface area contributed by atoms with Gasteiger partial charge < -0.3 is 15.2 Å². The lowest BCUT2D eigenvalue weighted by Gasteiger charge is -2.18. The van der Waals surface area contributed by atoms with Crippen molar-refractivity contribution in [2.45, 2.75) is 20.3 Å². The Balaban J connectivity index is 1.85. The van der Waals surface area contributed by atoms with E-state index in [0.717, 1.165) is 26.1 Å². The number of pyridine rings is 1. The normalized spacial score (nSPS) is 19.1. The highest BCUT2D eigenvalue weighted by molar-refractivity contribution is 6.30. The van der Waals surface area contributed by atoms with Crippen molar-refractivity contribution in [3.63, 3.8) is 0 Å². The average Bonchev–Trinajstić information content (AvgIpc) is 2.86. The monoisotopic (exact) mass is 311 g/mol. The van der Waals surface area contributed by atoms with Crippen LogP contribution in [-0.4, -0.2) is 42.0 Å². The number of aromatic nitrogens is 1. The summed E-state index contributed by atoms with van der Waals surface area (Å²) in [6, 6.07) is 0. The van der Waals surface area contributed by atoms with Gasteiger partial charge in [0.2, 0.25) is 5.43 Å².